The van der Waals surface area contributed by atoms with Gasteiger partial charge in [-0.05, 0) is 44.0 Å². The minimum atomic E-state index is -0.651. The number of carbonyl (C=O) groups is 4. The van der Waals surface area contributed by atoms with Gasteiger partial charge in [0.05, 0.1) is 51.8 Å². The van der Waals surface area contributed by atoms with Gasteiger partial charge in [-0.15, -0.1) is 21.5 Å². The molecule has 47 heavy (non-hydrogen) atoms. The summed E-state index contributed by atoms with van der Waals surface area (Å²) in [6, 6.07) is 14.5. The summed E-state index contributed by atoms with van der Waals surface area (Å²) in [4.78, 5) is 51.6. The monoisotopic (exact) mass is 681 g/mol. The fourth-order valence-electron chi connectivity index (χ4n) is 4.42. The molecule has 0 saturated heterocycles. The number of ether oxygens (including phenoxy) is 4. The molecule has 0 atom stereocenters. The van der Waals surface area contributed by atoms with Crippen LogP contribution in [0.25, 0.3) is 0 Å². The number of methoxy groups -OCH3 is 2. The number of esters is 2. The number of nitrogens with zero attached hydrogens (tertiary/aromatic N) is 3. The molecule has 2 amide bonds. The van der Waals surface area contributed by atoms with E-state index in [1.54, 1.807) is 39.0 Å². The molecule has 4 rings (SSSR count). The average Bonchev–Trinajstić information content (AvgIpc) is 3.61. The van der Waals surface area contributed by atoms with E-state index in [1.807, 2.05) is 34.9 Å². The Bertz CT molecular complexity index is 1720. The van der Waals surface area contributed by atoms with Gasteiger partial charge < -0.3 is 34.1 Å². The Hall–Kier alpha value is -4.89. The van der Waals surface area contributed by atoms with Crippen LogP contribution in [-0.2, 0) is 27.4 Å². The van der Waals surface area contributed by atoms with Crippen molar-refractivity contribution in [1.29, 1.82) is 0 Å². The number of hydrogen-bond acceptors (Lipinski definition) is 12. The number of hydrogen-bond donors (Lipinski definition) is 2. The van der Waals surface area contributed by atoms with E-state index in [4.69, 9.17) is 18.9 Å². The van der Waals surface area contributed by atoms with Gasteiger partial charge in [-0.2, -0.15) is 0 Å². The molecule has 4 aromatic rings. The third-order valence-electron chi connectivity index (χ3n) is 6.67. The predicted octanol–water partition coefficient (Wildman–Crippen LogP) is 4.73. The van der Waals surface area contributed by atoms with Crippen molar-refractivity contribution in [3.63, 3.8) is 0 Å². The lowest BCUT2D eigenvalue weighted by Crippen LogP contribution is -2.25. The molecule has 15 heteroatoms. The summed E-state index contributed by atoms with van der Waals surface area (Å²) in [5.74, 6) is -0.708. The van der Waals surface area contributed by atoms with Gasteiger partial charge in [-0.1, -0.05) is 42.1 Å². The molecule has 0 aliphatic carbocycles. The van der Waals surface area contributed by atoms with Crippen molar-refractivity contribution in [1.82, 2.24) is 20.1 Å². The van der Waals surface area contributed by atoms with E-state index in [-0.39, 0.29) is 46.9 Å². The second-order valence-corrected chi connectivity index (χ2v) is 11.8. The van der Waals surface area contributed by atoms with Gasteiger partial charge in [0.2, 0.25) is 5.91 Å². The first-order valence-corrected chi connectivity index (χ1v) is 16.4. The molecule has 2 aromatic carbocycles. The summed E-state index contributed by atoms with van der Waals surface area (Å²) < 4.78 is 22.7. The molecular weight excluding hydrogens is 647 g/mol. The Morgan fingerprint density at radius 3 is 2.21 bits per heavy atom. The molecule has 2 N–H and O–H groups in total. The highest BCUT2D eigenvalue weighted by atomic mass is 32.2. The van der Waals surface area contributed by atoms with Crippen LogP contribution in [0.5, 0.6) is 11.5 Å². The summed E-state index contributed by atoms with van der Waals surface area (Å²) in [5.41, 5.74) is 1.79. The standard InChI is InChI=1S/C32H35N5O8S2/c1-6-44-30(40)26-19(3)27(31(41)45-7-2)47-29(26)34-25(38)18-46-32-36-35-24(37(32)17-20-11-9-8-10-12-20)16-33-28(39)21-13-22(42-4)15-23(14-21)43-5/h8-15H,6-7,16-18H2,1-5H3,(H,33,39)(H,34,38). The number of anilines is 1. The fraction of sp³-hybridized carbons (Fsp3) is 0.312. The van der Waals surface area contributed by atoms with Crippen LogP contribution in [0, 0.1) is 6.92 Å². The van der Waals surface area contributed by atoms with Gasteiger partial charge in [0.1, 0.15) is 21.4 Å². The summed E-state index contributed by atoms with van der Waals surface area (Å²) in [6.45, 7) is 5.68. The van der Waals surface area contributed by atoms with E-state index in [0.717, 1.165) is 28.7 Å². The SMILES string of the molecule is CCOC(=O)c1sc(NC(=O)CSc2nnc(CNC(=O)c3cc(OC)cc(OC)c3)n2Cc2ccccc2)c(C(=O)OCC)c1C. The molecule has 0 aliphatic heterocycles. The van der Waals surface area contributed by atoms with E-state index in [2.05, 4.69) is 20.8 Å². The molecule has 13 nitrogen and oxygen atoms in total. The second kappa shape index (κ2) is 16.6. The topological polar surface area (TPSA) is 160 Å². The molecule has 0 spiro atoms. The van der Waals surface area contributed by atoms with E-state index < -0.39 is 17.8 Å². The van der Waals surface area contributed by atoms with E-state index in [9.17, 15) is 19.2 Å². The van der Waals surface area contributed by atoms with Crippen molar-refractivity contribution in [2.24, 2.45) is 0 Å². The minimum absolute atomic E-state index is 0.0545. The lowest BCUT2D eigenvalue weighted by atomic mass is 10.1. The summed E-state index contributed by atoms with van der Waals surface area (Å²) in [7, 11) is 3.01. The van der Waals surface area contributed by atoms with Crippen LogP contribution in [0.4, 0.5) is 5.00 Å². The molecule has 0 bridgehead atoms. The number of rotatable bonds is 15. The highest BCUT2D eigenvalue weighted by molar-refractivity contribution is 7.99. The third kappa shape index (κ3) is 8.89. The number of thioether (sulfide) groups is 1. The first-order chi connectivity index (χ1) is 22.7. The third-order valence-corrected chi connectivity index (χ3v) is 8.82. The van der Waals surface area contributed by atoms with Crippen LogP contribution in [0.2, 0.25) is 0 Å². The Kier molecular flexibility index (Phi) is 12.4. The first kappa shape index (κ1) is 35.0. The molecule has 2 aromatic heterocycles. The fourth-order valence-corrected chi connectivity index (χ4v) is 6.28. The van der Waals surface area contributed by atoms with Gasteiger partial charge in [0, 0.05) is 11.6 Å². The molecular formula is C32H35N5O8S2. The van der Waals surface area contributed by atoms with E-state index in [1.165, 1.54) is 14.2 Å². The quantitative estimate of drug-likeness (QED) is 0.132. The van der Waals surface area contributed by atoms with Crippen molar-refractivity contribution in [2.75, 3.05) is 38.5 Å². The molecule has 248 valence electrons. The van der Waals surface area contributed by atoms with Gasteiger partial charge in [-0.25, -0.2) is 9.59 Å². The van der Waals surface area contributed by atoms with Crippen LogP contribution in [0.1, 0.15) is 61.2 Å². The average molecular weight is 682 g/mol. The molecule has 0 saturated carbocycles. The van der Waals surface area contributed by atoms with Crippen molar-refractivity contribution < 1.29 is 38.1 Å². The lowest BCUT2D eigenvalue weighted by molar-refractivity contribution is -0.113. The number of nitrogens with one attached hydrogen (secondary N) is 2. The van der Waals surface area contributed by atoms with Gasteiger partial charge in [0.15, 0.2) is 11.0 Å². The zero-order valence-electron chi connectivity index (χ0n) is 26.6. The summed E-state index contributed by atoms with van der Waals surface area (Å²) in [5, 5.41) is 14.8. The highest BCUT2D eigenvalue weighted by Gasteiger charge is 2.27. The first-order valence-electron chi connectivity index (χ1n) is 14.6. The Balaban J connectivity index is 1.52. The summed E-state index contributed by atoms with van der Waals surface area (Å²) >= 11 is 2.09. The number of thiophene rings is 1. The smallest absolute Gasteiger partial charge is 0.348 e. The zero-order valence-corrected chi connectivity index (χ0v) is 28.2. The Morgan fingerprint density at radius 2 is 1.57 bits per heavy atom. The maximum absolute atomic E-state index is 13.2. The lowest BCUT2D eigenvalue weighted by Gasteiger charge is -2.12. The number of carbonyl (C=O) groups excluding carboxylic acids is 4. The number of benzene rings is 2. The van der Waals surface area contributed by atoms with Crippen molar-refractivity contribution in [3.8, 4) is 11.5 Å². The van der Waals surface area contributed by atoms with E-state index in [0.29, 0.717) is 40.2 Å². The molecule has 0 radical (unpaired) electrons. The minimum Gasteiger partial charge on any atom is -0.497 e. The molecule has 2 heterocycles. The summed E-state index contributed by atoms with van der Waals surface area (Å²) in [6.07, 6.45) is 0. The Morgan fingerprint density at radius 1 is 0.915 bits per heavy atom. The van der Waals surface area contributed by atoms with Crippen LogP contribution < -0.4 is 20.1 Å². The normalized spacial score (nSPS) is 10.7. The largest absolute Gasteiger partial charge is 0.497 e. The Labute approximate surface area is 280 Å². The van der Waals surface area contributed by atoms with Crippen LogP contribution in [-0.4, -0.2) is 71.7 Å². The van der Waals surface area contributed by atoms with Crippen molar-refractivity contribution in [2.45, 2.75) is 39.0 Å². The number of aromatic nitrogens is 3. The number of amides is 2. The van der Waals surface area contributed by atoms with Gasteiger partial charge in [0.25, 0.3) is 5.91 Å². The molecule has 0 aliphatic rings. The van der Waals surface area contributed by atoms with Crippen LogP contribution in [0.3, 0.4) is 0 Å². The highest BCUT2D eigenvalue weighted by Crippen LogP contribution is 2.34. The van der Waals surface area contributed by atoms with E-state index >= 15 is 0 Å². The maximum atomic E-state index is 13.2. The second-order valence-electron chi connectivity index (χ2n) is 9.79. The van der Waals surface area contributed by atoms with Gasteiger partial charge in [-0.3, -0.25) is 9.59 Å². The van der Waals surface area contributed by atoms with Crippen LogP contribution in [0.15, 0.2) is 53.7 Å². The molecule has 0 unspecified atom stereocenters. The zero-order chi connectivity index (χ0) is 33.9. The van der Waals surface area contributed by atoms with Gasteiger partial charge >= 0.3 is 11.9 Å². The predicted molar refractivity (Wildman–Crippen MR) is 177 cm³/mol. The van der Waals surface area contributed by atoms with Crippen LogP contribution >= 0.6 is 23.1 Å². The maximum Gasteiger partial charge on any atom is 0.348 e. The van der Waals surface area contributed by atoms with Crippen molar-refractivity contribution in [3.05, 3.63) is 81.5 Å². The molecule has 0 fully saturated rings. The van der Waals surface area contributed by atoms with Crippen molar-refractivity contribution >= 4 is 51.9 Å².